The summed E-state index contributed by atoms with van der Waals surface area (Å²) in [5, 5.41) is 20.9. The first kappa shape index (κ1) is 14.7. The van der Waals surface area contributed by atoms with Gasteiger partial charge in [0, 0.05) is 0 Å². The highest BCUT2D eigenvalue weighted by Gasteiger charge is 2.24. The molecule has 0 bridgehead atoms. The van der Waals surface area contributed by atoms with E-state index in [0.29, 0.717) is 0 Å². The number of carbonyl (C=O) groups excluding carboxylic acids is 1. The Kier molecular flexibility index (Phi) is 4.87. The predicted octanol–water partition coefficient (Wildman–Crippen LogP) is 0.705. The Morgan fingerprint density at radius 2 is 1.89 bits per heavy atom. The molecule has 0 atom stereocenters. The smallest absolute Gasteiger partial charge is 0.225 e. The van der Waals surface area contributed by atoms with Crippen molar-refractivity contribution in [2.45, 2.75) is 32.7 Å². The molecule has 18 heavy (non-hydrogen) atoms. The van der Waals surface area contributed by atoms with Crippen LogP contribution in [0.3, 0.4) is 0 Å². The number of rotatable bonds is 5. The fraction of sp³-hybridized carbons (Fsp3) is 0.500. The monoisotopic (exact) mass is 251 g/mol. The summed E-state index contributed by atoms with van der Waals surface area (Å²) in [6.45, 7) is 4.96. The van der Waals surface area contributed by atoms with Crippen molar-refractivity contribution in [3.63, 3.8) is 0 Å². The Morgan fingerprint density at radius 1 is 1.28 bits per heavy atom. The van der Waals surface area contributed by atoms with Crippen LogP contribution in [0, 0.1) is 13.8 Å². The van der Waals surface area contributed by atoms with Crippen LogP contribution in [-0.4, -0.2) is 34.9 Å². The zero-order valence-corrected chi connectivity index (χ0v) is 11.2. The highest BCUT2D eigenvalue weighted by atomic mass is 16.3. The summed E-state index contributed by atoms with van der Waals surface area (Å²) in [5.74, 6) is -0.200. The van der Waals surface area contributed by atoms with Crippen molar-refractivity contribution in [3.05, 3.63) is 34.9 Å². The number of benzene rings is 1. The lowest BCUT2D eigenvalue weighted by Gasteiger charge is -2.26. The minimum atomic E-state index is -0.963. The molecule has 1 amide bonds. The van der Waals surface area contributed by atoms with E-state index < -0.39 is 5.54 Å². The number of nitrogens with one attached hydrogen (secondary N) is 1. The highest BCUT2D eigenvalue weighted by Crippen LogP contribution is 2.12. The molecule has 0 spiro atoms. The van der Waals surface area contributed by atoms with Crippen molar-refractivity contribution in [2.75, 3.05) is 13.2 Å². The topological polar surface area (TPSA) is 69.6 Å². The van der Waals surface area contributed by atoms with Gasteiger partial charge in [-0.3, -0.25) is 4.79 Å². The quantitative estimate of drug-likeness (QED) is 0.721. The molecular formula is C14H21NO3. The first-order valence-electron chi connectivity index (χ1n) is 5.99. The van der Waals surface area contributed by atoms with Gasteiger partial charge in [0.15, 0.2) is 0 Å². The average molecular weight is 251 g/mol. The normalized spacial score (nSPS) is 11.4. The first-order valence-corrected chi connectivity index (χ1v) is 5.99. The van der Waals surface area contributed by atoms with Crippen LogP contribution in [-0.2, 0) is 11.2 Å². The van der Waals surface area contributed by atoms with E-state index >= 15 is 0 Å². The molecule has 0 aromatic heterocycles. The molecule has 0 unspecified atom stereocenters. The van der Waals surface area contributed by atoms with Crippen LogP contribution in [0.4, 0.5) is 0 Å². The Morgan fingerprint density at radius 3 is 2.44 bits per heavy atom. The lowest BCUT2D eigenvalue weighted by molar-refractivity contribution is -0.123. The van der Waals surface area contributed by atoms with E-state index in [2.05, 4.69) is 5.32 Å². The van der Waals surface area contributed by atoms with Crippen LogP contribution < -0.4 is 5.32 Å². The number of aliphatic hydroxyl groups is 2. The summed E-state index contributed by atoms with van der Waals surface area (Å²) in [5.41, 5.74) is 2.17. The lowest BCUT2D eigenvalue weighted by atomic mass is 10.0. The van der Waals surface area contributed by atoms with Crippen molar-refractivity contribution in [3.8, 4) is 0 Å². The van der Waals surface area contributed by atoms with E-state index in [0.717, 1.165) is 16.7 Å². The zero-order valence-electron chi connectivity index (χ0n) is 11.2. The number of amides is 1. The summed E-state index contributed by atoms with van der Waals surface area (Å²) in [4.78, 5) is 11.9. The highest BCUT2D eigenvalue weighted by molar-refractivity contribution is 5.79. The Hall–Kier alpha value is -1.39. The molecule has 0 aliphatic heterocycles. The molecule has 100 valence electrons. The third-order valence-corrected chi connectivity index (χ3v) is 2.99. The Labute approximate surface area is 108 Å². The second-order valence-electron chi connectivity index (χ2n) is 5.03. The van der Waals surface area contributed by atoms with E-state index in [4.69, 9.17) is 10.2 Å². The molecule has 0 aliphatic carbocycles. The largest absolute Gasteiger partial charge is 0.394 e. The third-order valence-electron chi connectivity index (χ3n) is 2.99. The zero-order chi connectivity index (χ0) is 13.8. The molecule has 1 rings (SSSR count). The maximum absolute atomic E-state index is 11.9. The molecule has 0 saturated carbocycles. The number of carbonyl (C=O) groups is 1. The van der Waals surface area contributed by atoms with E-state index in [1.807, 2.05) is 32.0 Å². The second kappa shape index (κ2) is 5.98. The van der Waals surface area contributed by atoms with E-state index in [9.17, 15) is 4.79 Å². The number of aryl methyl sites for hydroxylation is 2. The van der Waals surface area contributed by atoms with Crippen LogP contribution >= 0.6 is 0 Å². The summed E-state index contributed by atoms with van der Waals surface area (Å²) < 4.78 is 0. The van der Waals surface area contributed by atoms with Crippen molar-refractivity contribution < 1.29 is 15.0 Å². The van der Waals surface area contributed by atoms with Gasteiger partial charge in [-0.25, -0.2) is 0 Å². The van der Waals surface area contributed by atoms with Crippen molar-refractivity contribution >= 4 is 5.91 Å². The maximum atomic E-state index is 11.9. The van der Waals surface area contributed by atoms with Gasteiger partial charge in [0.1, 0.15) is 0 Å². The standard InChI is InChI=1S/C14H21NO3/c1-10-4-5-11(2)12(6-10)7-13(18)15-14(3,8-16)9-17/h4-6,16-17H,7-9H2,1-3H3,(H,15,18). The molecule has 3 N–H and O–H groups in total. The fourth-order valence-corrected chi connectivity index (χ4v) is 1.67. The van der Waals surface area contributed by atoms with Crippen LogP contribution in [0.25, 0.3) is 0 Å². The molecule has 0 fully saturated rings. The van der Waals surface area contributed by atoms with Crippen LogP contribution in [0.15, 0.2) is 18.2 Å². The molecular weight excluding hydrogens is 230 g/mol. The first-order chi connectivity index (χ1) is 8.40. The van der Waals surface area contributed by atoms with Gasteiger partial charge < -0.3 is 15.5 Å². The minimum absolute atomic E-state index is 0.200. The Balaban J connectivity index is 2.73. The molecule has 4 heteroatoms. The summed E-state index contributed by atoms with van der Waals surface area (Å²) >= 11 is 0. The van der Waals surface area contributed by atoms with Gasteiger partial charge >= 0.3 is 0 Å². The van der Waals surface area contributed by atoms with E-state index in [1.165, 1.54) is 0 Å². The Bertz CT molecular complexity index is 425. The molecule has 0 aliphatic rings. The number of aliphatic hydroxyl groups excluding tert-OH is 2. The van der Waals surface area contributed by atoms with Crippen LogP contribution in [0.1, 0.15) is 23.6 Å². The van der Waals surface area contributed by atoms with Gasteiger partial charge in [-0.15, -0.1) is 0 Å². The predicted molar refractivity (Wildman–Crippen MR) is 70.3 cm³/mol. The fourth-order valence-electron chi connectivity index (χ4n) is 1.67. The van der Waals surface area contributed by atoms with Gasteiger partial charge in [-0.1, -0.05) is 23.8 Å². The van der Waals surface area contributed by atoms with Crippen molar-refractivity contribution in [1.82, 2.24) is 5.32 Å². The second-order valence-corrected chi connectivity index (χ2v) is 5.03. The van der Waals surface area contributed by atoms with Gasteiger partial charge in [-0.2, -0.15) is 0 Å². The maximum Gasteiger partial charge on any atom is 0.225 e. The number of hydrogen-bond acceptors (Lipinski definition) is 3. The van der Waals surface area contributed by atoms with Crippen molar-refractivity contribution in [1.29, 1.82) is 0 Å². The molecule has 1 aromatic carbocycles. The molecule has 1 aromatic rings. The third kappa shape index (κ3) is 3.82. The summed E-state index contributed by atoms with van der Waals surface area (Å²) in [7, 11) is 0. The molecule has 0 saturated heterocycles. The average Bonchev–Trinajstić information content (AvgIpc) is 2.33. The SMILES string of the molecule is Cc1ccc(C)c(CC(=O)NC(C)(CO)CO)c1. The minimum Gasteiger partial charge on any atom is -0.394 e. The van der Waals surface area contributed by atoms with Crippen molar-refractivity contribution in [2.24, 2.45) is 0 Å². The van der Waals surface area contributed by atoms with E-state index in [-0.39, 0.29) is 25.5 Å². The number of hydrogen-bond donors (Lipinski definition) is 3. The lowest BCUT2D eigenvalue weighted by Crippen LogP contribution is -2.52. The van der Waals surface area contributed by atoms with Gasteiger partial charge in [0.2, 0.25) is 5.91 Å². The van der Waals surface area contributed by atoms with Gasteiger partial charge in [-0.05, 0) is 31.9 Å². The molecule has 4 nitrogen and oxygen atoms in total. The van der Waals surface area contributed by atoms with Crippen LogP contribution in [0.2, 0.25) is 0 Å². The van der Waals surface area contributed by atoms with Crippen LogP contribution in [0.5, 0.6) is 0 Å². The van der Waals surface area contributed by atoms with Gasteiger partial charge in [0.25, 0.3) is 0 Å². The molecule has 0 heterocycles. The van der Waals surface area contributed by atoms with E-state index in [1.54, 1.807) is 6.92 Å². The molecule has 0 radical (unpaired) electrons. The summed E-state index contributed by atoms with van der Waals surface area (Å²) in [6, 6.07) is 5.96. The van der Waals surface area contributed by atoms with Gasteiger partial charge in [0.05, 0.1) is 25.2 Å². The summed E-state index contributed by atoms with van der Waals surface area (Å²) in [6.07, 6.45) is 0.253.